The molecule has 1 heterocycles. The molecule has 104 valence electrons. The first kappa shape index (κ1) is 13.1. The molecule has 1 saturated carbocycles. The largest absolute Gasteiger partial charge is 0.371 e. The third-order valence-electron chi connectivity index (χ3n) is 4.33. The predicted molar refractivity (Wildman–Crippen MR) is 74.2 cm³/mol. The number of nitrogens with zero attached hydrogens (tertiary/aromatic N) is 2. The molecule has 0 N–H and O–H groups in total. The number of hydrogen-bond acceptors (Lipinski definition) is 3. The van der Waals surface area contributed by atoms with Crippen LogP contribution in [0.15, 0.2) is 24.3 Å². The molecule has 0 aromatic heterocycles. The molecule has 2 fully saturated rings. The van der Waals surface area contributed by atoms with Crippen LogP contribution in [0.2, 0.25) is 0 Å². The highest BCUT2D eigenvalue weighted by molar-refractivity contribution is 5.96. The predicted octanol–water partition coefficient (Wildman–Crippen LogP) is 2.34. The third-order valence-corrected chi connectivity index (χ3v) is 4.33. The minimum absolute atomic E-state index is 0.0447. The molecule has 20 heavy (non-hydrogen) atoms. The fraction of sp³-hybridized carbons (Fsp3) is 0.500. The zero-order valence-electron chi connectivity index (χ0n) is 11.5. The van der Waals surface area contributed by atoms with Crippen molar-refractivity contribution < 1.29 is 9.53 Å². The van der Waals surface area contributed by atoms with Crippen molar-refractivity contribution in [1.82, 2.24) is 4.90 Å². The number of hydrogen-bond donors (Lipinski definition) is 0. The van der Waals surface area contributed by atoms with Gasteiger partial charge >= 0.3 is 0 Å². The molecule has 0 bridgehead atoms. The number of carbonyl (C=O) groups excluding carboxylic acids is 1. The molecule has 1 saturated heterocycles. The second-order valence-corrected chi connectivity index (χ2v) is 5.62. The van der Waals surface area contributed by atoms with Gasteiger partial charge in [-0.3, -0.25) is 4.79 Å². The summed E-state index contributed by atoms with van der Waals surface area (Å²) >= 11 is 0. The number of amides is 1. The Morgan fingerprint density at radius 1 is 1.30 bits per heavy atom. The lowest BCUT2D eigenvalue weighted by molar-refractivity contribution is -0.0948. The number of rotatable bonds is 1. The number of morpholine rings is 1. The fourth-order valence-electron chi connectivity index (χ4n) is 3.28. The van der Waals surface area contributed by atoms with Crippen molar-refractivity contribution in [3.63, 3.8) is 0 Å². The van der Waals surface area contributed by atoms with E-state index < -0.39 is 0 Å². The van der Waals surface area contributed by atoms with Gasteiger partial charge in [-0.1, -0.05) is 25.0 Å². The average molecular weight is 270 g/mol. The van der Waals surface area contributed by atoms with E-state index in [1.54, 1.807) is 24.3 Å². The molecule has 0 unspecified atom stereocenters. The van der Waals surface area contributed by atoms with Gasteiger partial charge in [0, 0.05) is 6.54 Å². The van der Waals surface area contributed by atoms with Crippen molar-refractivity contribution in [2.45, 2.75) is 31.3 Å². The highest BCUT2D eigenvalue weighted by Gasteiger charge is 2.40. The number of carbonyl (C=O) groups is 1. The van der Waals surface area contributed by atoms with Crippen LogP contribution >= 0.6 is 0 Å². The molecule has 1 aromatic carbocycles. The van der Waals surface area contributed by atoms with Gasteiger partial charge < -0.3 is 9.64 Å². The van der Waals surface area contributed by atoms with Gasteiger partial charge in [0.2, 0.25) is 0 Å². The van der Waals surface area contributed by atoms with Gasteiger partial charge in [0.25, 0.3) is 5.91 Å². The summed E-state index contributed by atoms with van der Waals surface area (Å²) in [5.74, 6) is -0.0447. The Bertz CT molecular complexity index is 556. The first-order chi connectivity index (χ1) is 9.74. The Hall–Kier alpha value is -1.86. The summed E-state index contributed by atoms with van der Waals surface area (Å²) in [6, 6.07) is 9.12. The molecule has 2 aliphatic rings. The quantitative estimate of drug-likeness (QED) is 0.787. The van der Waals surface area contributed by atoms with Gasteiger partial charge in [0.1, 0.15) is 0 Å². The molecule has 3 rings (SSSR count). The van der Waals surface area contributed by atoms with E-state index in [2.05, 4.69) is 6.07 Å². The Labute approximate surface area is 118 Å². The van der Waals surface area contributed by atoms with Crippen LogP contribution in [-0.4, -0.2) is 36.1 Å². The molecule has 1 amide bonds. The lowest BCUT2D eigenvalue weighted by Crippen LogP contribution is -2.52. The van der Waals surface area contributed by atoms with Crippen LogP contribution in [0.4, 0.5) is 0 Å². The van der Waals surface area contributed by atoms with E-state index in [9.17, 15) is 4.79 Å². The second-order valence-electron chi connectivity index (χ2n) is 5.62. The Morgan fingerprint density at radius 3 is 2.80 bits per heavy atom. The molecule has 1 aromatic rings. The Morgan fingerprint density at radius 2 is 2.05 bits per heavy atom. The molecule has 0 radical (unpaired) electrons. The van der Waals surface area contributed by atoms with Crippen molar-refractivity contribution in [2.24, 2.45) is 0 Å². The van der Waals surface area contributed by atoms with Crippen LogP contribution in [0.3, 0.4) is 0 Å². The Balaban J connectivity index is 1.82. The summed E-state index contributed by atoms with van der Waals surface area (Å²) in [5, 5.41) is 9.13. The van der Waals surface area contributed by atoms with Gasteiger partial charge in [-0.05, 0) is 25.0 Å². The number of ether oxygens (including phenoxy) is 1. The summed E-state index contributed by atoms with van der Waals surface area (Å²) < 4.78 is 5.94. The fourth-order valence-corrected chi connectivity index (χ4v) is 3.28. The van der Waals surface area contributed by atoms with E-state index in [1.807, 2.05) is 4.90 Å². The number of benzene rings is 1. The average Bonchev–Trinajstić information content (AvgIpc) is 2.94. The van der Waals surface area contributed by atoms with Crippen molar-refractivity contribution >= 4 is 5.91 Å². The van der Waals surface area contributed by atoms with Crippen molar-refractivity contribution in [3.05, 3.63) is 35.4 Å². The van der Waals surface area contributed by atoms with Crippen LogP contribution in [-0.2, 0) is 4.74 Å². The summed E-state index contributed by atoms with van der Waals surface area (Å²) in [5.41, 5.74) is 0.824. The lowest BCUT2D eigenvalue weighted by Gasteiger charge is -2.40. The molecule has 1 spiro atoms. The molecule has 4 nitrogen and oxygen atoms in total. The van der Waals surface area contributed by atoms with Gasteiger partial charge in [-0.15, -0.1) is 0 Å². The molecule has 4 heteroatoms. The van der Waals surface area contributed by atoms with Gasteiger partial charge in [-0.25, -0.2) is 0 Å². The lowest BCUT2D eigenvalue weighted by atomic mass is 9.98. The van der Waals surface area contributed by atoms with E-state index in [0.29, 0.717) is 30.8 Å². The van der Waals surface area contributed by atoms with Gasteiger partial charge in [0.15, 0.2) is 0 Å². The standard InChI is InChI=1S/C16H18N2O2/c17-11-13-5-1-2-6-14(13)15(19)18-9-10-20-16(12-18)7-3-4-8-16/h1-2,5-6H,3-4,7-10,12H2. The zero-order valence-corrected chi connectivity index (χ0v) is 11.5. The maximum Gasteiger partial charge on any atom is 0.255 e. The maximum absolute atomic E-state index is 12.6. The molecular weight excluding hydrogens is 252 g/mol. The van der Waals surface area contributed by atoms with E-state index in [4.69, 9.17) is 10.00 Å². The van der Waals surface area contributed by atoms with Crippen LogP contribution in [0.1, 0.15) is 41.6 Å². The summed E-state index contributed by atoms with van der Waals surface area (Å²) in [6.45, 7) is 1.87. The smallest absolute Gasteiger partial charge is 0.255 e. The molecular formula is C16H18N2O2. The van der Waals surface area contributed by atoms with E-state index in [1.165, 1.54) is 12.8 Å². The number of nitriles is 1. The normalized spacial score (nSPS) is 20.9. The Kier molecular flexibility index (Phi) is 3.45. The van der Waals surface area contributed by atoms with Gasteiger partial charge in [-0.2, -0.15) is 5.26 Å². The highest BCUT2D eigenvalue weighted by atomic mass is 16.5. The van der Waals surface area contributed by atoms with Crippen molar-refractivity contribution in [2.75, 3.05) is 19.7 Å². The molecule has 1 aliphatic carbocycles. The van der Waals surface area contributed by atoms with E-state index >= 15 is 0 Å². The minimum atomic E-state index is -0.129. The maximum atomic E-state index is 12.6. The summed E-state index contributed by atoms with van der Waals surface area (Å²) in [6.07, 6.45) is 4.43. The first-order valence-electron chi connectivity index (χ1n) is 7.16. The molecule has 1 aliphatic heterocycles. The zero-order chi connectivity index (χ0) is 14.0. The third kappa shape index (κ3) is 2.30. The van der Waals surface area contributed by atoms with Crippen LogP contribution in [0, 0.1) is 11.3 Å². The minimum Gasteiger partial charge on any atom is -0.371 e. The first-order valence-corrected chi connectivity index (χ1v) is 7.16. The molecule has 0 atom stereocenters. The second kappa shape index (κ2) is 5.26. The van der Waals surface area contributed by atoms with Crippen molar-refractivity contribution in [1.29, 1.82) is 5.26 Å². The SMILES string of the molecule is N#Cc1ccccc1C(=O)N1CCOC2(CCCC2)C1. The van der Waals surface area contributed by atoms with Crippen LogP contribution in [0.25, 0.3) is 0 Å². The topological polar surface area (TPSA) is 53.3 Å². The highest BCUT2D eigenvalue weighted by Crippen LogP contribution is 2.36. The van der Waals surface area contributed by atoms with Gasteiger partial charge in [0.05, 0.1) is 35.9 Å². The van der Waals surface area contributed by atoms with Crippen LogP contribution in [0.5, 0.6) is 0 Å². The van der Waals surface area contributed by atoms with E-state index in [-0.39, 0.29) is 11.5 Å². The van der Waals surface area contributed by atoms with Crippen molar-refractivity contribution in [3.8, 4) is 6.07 Å². The monoisotopic (exact) mass is 270 g/mol. The van der Waals surface area contributed by atoms with Crippen LogP contribution < -0.4 is 0 Å². The summed E-state index contributed by atoms with van der Waals surface area (Å²) in [7, 11) is 0. The summed E-state index contributed by atoms with van der Waals surface area (Å²) in [4.78, 5) is 14.5. The van der Waals surface area contributed by atoms with E-state index in [0.717, 1.165) is 12.8 Å².